The van der Waals surface area contributed by atoms with Gasteiger partial charge >= 0.3 is 0 Å². The number of hydrogen-bond acceptors (Lipinski definition) is 4. The van der Waals surface area contributed by atoms with E-state index < -0.39 is 0 Å². The van der Waals surface area contributed by atoms with Gasteiger partial charge in [-0.25, -0.2) is 0 Å². The minimum atomic E-state index is -0.341. The van der Waals surface area contributed by atoms with Crippen LogP contribution in [0.15, 0.2) is 18.2 Å². The molecule has 138 valence electrons. The van der Waals surface area contributed by atoms with Crippen molar-refractivity contribution in [1.82, 2.24) is 15.5 Å². The average molecular weight is 357 g/mol. The molecule has 26 heavy (non-hydrogen) atoms. The first-order chi connectivity index (χ1) is 12.5. The number of benzene rings is 1. The Morgan fingerprint density at radius 3 is 2.96 bits per heavy atom. The van der Waals surface area contributed by atoms with Crippen LogP contribution in [0.1, 0.15) is 66.6 Å². The van der Waals surface area contributed by atoms with Gasteiger partial charge in [0.25, 0.3) is 5.91 Å². The number of fused-ring (bicyclic) bond motifs is 1. The van der Waals surface area contributed by atoms with Gasteiger partial charge in [-0.1, -0.05) is 12.1 Å². The Morgan fingerprint density at radius 1 is 1.42 bits per heavy atom. The van der Waals surface area contributed by atoms with Crippen molar-refractivity contribution in [3.05, 3.63) is 34.9 Å². The Labute approximate surface area is 152 Å². The zero-order chi connectivity index (χ0) is 18.7. The normalized spacial score (nSPS) is 20.3. The minimum Gasteiger partial charge on any atom is -0.349 e. The molecule has 0 saturated carbocycles. The number of rotatable bonds is 6. The predicted octanol–water partition coefficient (Wildman–Crippen LogP) is 1.42. The van der Waals surface area contributed by atoms with Gasteiger partial charge < -0.3 is 10.2 Å². The predicted molar refractivity (Wildman–Crippen MR) is 94.0 cm³/mol. The van der Waals surface area contributed by atoms with Crippen LogP contribution in [-0.2, 0) is 20.9 Å². The molecule has 1 aromatic rings. The Kier molecular flexibility index (Phi) is 5.35. The second-order valence-corrected chi connectivity index (χ2v) is 6.94. The maximum Gasteiger partial charge on any atom is 0.254 e. The van der Waals surface area contributed by atoms with Gasteiger partial charge in [-0.3, -0.25) is 24.5 Å². The Hall–Kier alpha value is -2.70. The topological polar surface area (TPSA) is 95.6 Å². The van der Waals surface area contributed by atoms with E-state index in [1.54, 1.807) is 4.90 Å². The third-order valence-corrected chi connectivity index (χ3v) is 5.14. The molecule has 0 radical (unpaired) electrons. The number of imide groups is 1. The fourth-order valence-corrected chi connectivity index (χ4v) is 3.63. The fourth-order valence-electron chi connectivity index (χ4n) is 3.63. The molecule has 0 spiro atoms. The highest BCUT2D eigenvalue weighted by molar-refractivity contribution is 5.98. The molecule has 0 aliphatic carbocycles. The zero-order valence-corrected chi connectivity index (χ0v) is 14.8. The number of nitrogens with one attached hydrogen (secondary N) is 2. The molecule has 4 amide bonds. The minimum absolute atomic E-state index is 0.00941. The van der Waals surface area contributed by atoms with Crippen LogP contribution in [0.25, 0.3) is 0 Å². The maximum absolute atomic E-state index is 12.6. The lowest BCUT2D eigenvalue weighted by atomic mass is 9.94. The first-order valence-electron chi connectivity index (χ1n) is 8.95. The Balaban J connectivity index is 1.67. The van der Waals surface area contributed by atoms with Gasteiger partial charge in [-0.2, -0.15) is 0 Å². The summed E-state index contributed by atoms with van der Waals surface area (Å²) in [5, 5.41) is 5.11. The quantitative estimate of drug-likeness (QED) is 0.753. The summed E-state index contributed by atoms with van der Waals surface area (Å²) in [6.45, 7) is 2.40. The van der Waals surface area contributed by atoms with Crippen molar-refractivity contribution in [3.63, 3.8) is 0 Å². The molecule has 7 nitrogen and oxygen atoms in total. The van der Waals surface area contributed by atoms with E-state index in [4.69, 9.17) is 0 Å². The number of hydrogen-bond donors (Lipinski definition) is 2. The van der Waals surface area contributed by atoms with Crippen LogP contribution in [0.4, 0.5) is 0 Å². The lowest BCUT2D eigenvalue weighted by Gasteiger charge is -2.24. The van der Waals surface area contributed by atoms with Crippen molar-refractivity contribution >= 4 is 24.1 Å². The summed E-state index contributed by atoms with van der Waals surface area (Å²) in [6, 6.07) is 5.66. The van der Waals surface area contributed by atoms with E-state index in [2.05, 4.69) is 10.6 Å². The number of amides is 4. The van der Waals surface area contributed by atoms with Crippen molar-refractivity contribution in [1.29, 1.82) is 0 Å². The molecule has 1 fully saturated rings. The van der Waals surface area contributed by atoms with Crippen LogP contribution in [0.3, 0.4) is 0 Å². The molecular weight excluding hydrogens is 334 g/mol. The van der Waals surface area contributed by atoms with Gasteiger partial charge in [0.1, 0.15) is 0 Å². The molecule has 0 bridgehead atoms. The summed E-state index contributed by atoms with van der Waals surface area (Å²) in [7, 11) is 0. The highest BCUT2D eigenvalue weighted by Gasteiger charge is 2.32. The molecule has 2 N–H and O–H groups in total. The largest absolute Gasteiger partial charge is 0.349 e. The van der Waals surface area contributed by atoms with Crippen LogP contribution in [0, 0.1) is 0 Å². The van der Waals surface area contributed by atoms with Crippen molar-refractivity contribution < 1.29 is 19.2 Å². The van der Waals surface area contributed by atoms with Gasteiger partial charge in [-0.15, -0.1) is 0 Å². The summed E-state index contributed by atoms with van der Waals surface area (Å²) >= 11 is 0. The molecule has 3 rings (SSSR count). The number of nitrogens with zero attached hydrogens (tertiary/aromatic N) is 1. The molecule has 2 aliphatic heterocycles. The third-order valence-electron chi connectivity index (χ3n) is 5.14. The lowest BCUT2D eigenvalue weighted by Crippen LogP contribution is -2.34. The standard InChI is InChI=1S/C19H23N3O4/c1-12(5-8-17(24)20-11-23)22-10-14-9-13(6-7-15(14)19(22)26)16-3-2-4-18(25)21-16/h6-7,9,11-12,16H,2-5,8,10H2,1H3,(H,21,25)(H,20,23,24). The number of carbonyl (C=O) groups excluding carboxylic acids is 4. The smallest absolute Gasteiger partial charge is 0.254 e. The van der Waals surface area contributed by atoms with Gasteiger partial charge in [0, 0.05) is 31.0 Å². The second kappa shape index (κ2) is 7.68. The van der Waals surface area contributed by atoms with E-state index in [1.165, 1.54) is 0 Å². The zero-order valence-electron chi connectivity index (χ0n) is 14.8. The second-order valence-electron chi connectivity index (χ2n) is 6.94. The fraction of sp³-hybridized carbons (Fsp3) is 0.474. The molecular formula is C19H23N3O4. The van der Waals surface area contributed by atoms with E-state index in [9.17, 15) is 19.2 Å². The summed E-state index contributed by atoms with van der Waals surface area (Å²) in [5.74, 6) is -0.310. The van der Waals surface area contributed by atoms with Crippen molar-refractivity contribution in [3.8, 4) is 0 Å². The van der Waals surface area contributed by atoms with E-state index in [0.29, 0.717) is 31.4 Å². The van der Waals surface area contributed by atoms with E-state index in [-0.39, 0.29) is 36.2 Å². The highest BCUT2D eigenvalue weighted by atomic mass is 16.2. The molecule has 2 unspecified atom stereocenters. The highest BCUT2D eigenvalue weighted by Crippen LogP contribution is 2.30. The van der Waals surface area contributed by atoms with Crippen LogP contribution >= 0.6 is 0 Å². The van der Waals surface area contributed by atoms with Crippen LogP contribution in [-0.4, -0.2) is 35.1 Å². The molecule has 7 heteroatoms. The molecule has 0 aromatic heterocycles. The van der Waals surface area contributed by atoms with Gasteiger partial charge in [0.05, 0.1) is 6.04 Å². The molecule has 1 saturated heterocycles. The van der Waals surface area contributed by atoms with E-state index in [1.807, 2.05) is 25.1 Å². The summed E-state index contributed by atoms with van der Waals surface area (Å²) in [6.07, 6.45) is 3.41. The van der Waals surface area contributed by atoms with Crippen LogP contribution < -0.4 is 10.6 Å². The average Bonchev–Trinajstić information content (AvgIpc) is 2.96. The Bertz CT molecular complexity index is 746. The molecule has 2 heterocycles. The van der Waals surface area contributed by atoms with Gasteiger partial charge in [0.15, 0.2) is 0 Å². The summed E-state index contributed by atoms with van der Waals surface area (Å²) in [5.41, 5.74) is 2.67. The Morgan fingerprint density at radius 2 is 2.23 bits per heavy atom. The number of piperidine rings is 1. The molecule has 1 aromatic carbocycles. The van der Waals surface area contributed by atoms with Crippen molar-refractivity contribution in [2.24, 2.45) is 0 Å². The van der Waals surface area contributed by atoms with Crippen molar-refractivity contribution in [2.45, 2.75) is 57.7 Å². The maximum atomic E-state index is 12.6. The van der Waals surface area contributed by atoms with E-state index >= 15 is 0 Å². The van der Waals surface area contributed by atoms with Crippen LogP contribution in [0.2, 0.25) is 0 Å². The van der Waals surface area contributed by atoms with Gasteiger partial charge in [-0.05, 0) is 43.4 Å². The monoisotopic (exact) mass is 357 g/mol. The molecule has 2 aliphatic rings. The lowest BCUT2D eigenvalue weighted by molar-refractivity contribution is -0.126. The SMILES string of the molecule is CC(CCC(=O)NC=O)N1Cc2cc(C3CCCC(=O)N3)ccc2C1=O. The number of carbonyl (C=O) groups is 4. The summed E-state index contributed by atoms with van der Waals surface area (Å²) < 4.78 is 0. The molecule has 2 atom stereocenters. The first-order valence-corrected chi connectivity index (χ1v) is 8.95. The third kappa shape index (κ3) is 3.76. The van der Waals surface area contributed by atoms with Crippen LogP contribution in [0.5, 0.6) is 0 Å². The summed E-state index contributed by atoms with van der Waals surface area (Å²) in [4.78, 5) is 47.7. The van der Waals surface area contributed by atoms with Gasteiger partial charge in [0.2, 0.25) is 18.2 Å². The van der Waals surface area contributed by atoms with E-state index in [0.717, 1.165) is 24.0 Å². The van der Waals surface area contributed by atoms with Crippen molar-refractivity contribution in [2.75, 3.05) is 0 Å². The first kappa shape index (κ1) is 18.1.